The molecule has 2 aromatic heterocycles. The molecule has 7 heteroatoms. The number of amides is 2. The van der Waals surface area contributed by atoms with Crippen molar-refractivity contribution in [3.8, 4) is 5.69 Å². The molecule has 0 aliphatic heterocycles. The van der Waals surface area contributed by atoms with Gasteiger partial charge in [-0.3, -0.25) is 9.59 Å². The fourth-order valence-corrected chi connectivity index (χ4v) is 3.08. The Kier molecular flexibility index (Phi) is 5.43. The van der Waals surface area contributed by atoms with E-state index in [1.54, 1.807) is 30.5 Å². The second-order valence-corrected chi connectivity index (χ2v) is 6.69. The predicted octanol–water partition coefficient (Wildman–Crippen LogP) is 3.96. The number of anilines is 1. The van der Waals surface area contributed by atoms with E-state index in [1.807, 2.05) is 49.4 Å². The van der Waals surface area contributed by atoms with E-state index in [-0.39, 0.29) is 23.9 Å². The van der Waals surface area contributed by atoms with Crippen LogP contribution in [0.15, 0.2) is 83.6 Å². The Balaban J connectivity index is 1.66. The van der Waals surface area contributed by atoms with Gasteiger partial charge in [-0.05, 0) is 42.8 Å². The van der Waals surface area contributed by atoms with E-state index in [2.05, 4.69) is 15.7 Å². The number of aromatic nitrogens is 2. The number of benzene rings is 2. The lowest BCUT2D eigenvalue weighted by Crippen LogP contribution is -2.25. The van der Waals surface area contributed by atoms with E-state index >= 15 is 0 Å². The molecule has 0 radical (unpaired) electrons. The first-order chi connectivity index (χ1) is 14.6. The predicted molar refractivity (Wildman–Crippen MR) is 113 cm³/mol. The lowest BCUT2D eigenvalue weighted by atomic mass is 10.1. The van der Waals surface area contributed by atoms with E-state index in [4.69, 9.17) is 4.42 Å². The summed E-state index contributed by atoms with van der Waals surface area (Å²) in [6, 6.07) is 20.1. The van der Waals surface area contributed by atoms with Gasteiger partial charge in [-0.1, -0.05) is 36.4 Å². The Morgan fingerprint density at radius 3 is 2.43 bits per heavy atom. The van der Waals surface area contributed by atoms with Crippen molar-refractivity contribution in [2.45, 2.75) is 13.5 Å². The van der Waals surface area contributed by atoms with Gasteiger partial charge in [-0.2, -0.15) is 5.10 Å². The first kappa shape index (κ1) is 19.2. The van der Waals surface area contributed by atoms with Crippen LogP contribution in [0.4, 0.5) is 5.82 Å². The van der Waals surface area contributed by atoms with Crippen LogP contribution in [-0.2, 0) is 6.54 Å². The number of carbonyl (C=O) groups excluding carboxylic acids is 2. The highest BCUT2D eigenvalue weighted by molar-refractivity contribution is 6.09. The fourth-order valence-electron chi connectivity index (χ4n) is 3.08. The van der Waals surface area contributed by atoms with Gasteiger partial charge in [-0.15, -0.1) is 0 Å². The molecule has 0 unspecified atom stereocenters. The molecule has 0 bridgehead atoms. The Labute approximate surface area is 173 Å². The number of rotatable bonds is 6. The molecule has 4 rings (SSSR count). The minimum Gasteiger partial charge on any atom is -0.467 e. The van der Waals surface area contributed by atoms with Gasteiger partial charge in [0.2, 0.25) is 0 Å². The van der Waals surface area contributed by atoms with Crippen molar-refractivity contribution in [3.05, 3.63) is 102 Å². The number of nitrogens with one attached hydrogen (secondary N) is 2. The van der Waals surface area contributed by atoms with Gasteiger partial charge < -0.3 is 15.1 Å². The quantitative estimate of drug-likeness (QED) is 0.513. The molecule has 2 N–H and O–H groups in total. The first-order valence-corrected chi connectivity index (χ1v) is 9.44. The van der Waals surface area contributed by atoms with Crippen molar-refractivity contribution in [1.82, 2.24) is 15.1 Å². The minimum atomic E-state index is -0.367. The molecule has 0 spiro atoms. The monoisotopic (exact) mass is 400 g/mol. The third-order valence-corrected chi connectivity index (χ3v) is 4.64. The third-order valence-electron chi connectivity index (χ3n) is 4.64. The average molecular weight is 400 g/mol. The summed E-state index contributed by atoms with van der Waals surface area (Å²) in [5, 5.41) is 10.00. The smallest absolute Gasteiger partial charge is 0.257 e. The van der Waals surface area contributed by atoms with E-state index in [1.165, 1.54) is 10.9 Å². The van der Waals surface area contributed by atoms with E-state index < -0.39 is 0 Å². The topological polar surface area (TPSA) is 89.2 Å². The molecule has 2 amide bonds. The van der Waals surface area contributed by atoms with E-state index in [0.717, 1.165) is 11.3 Å². The van der Waals surface area contributed by atoms with Gasteiger partial charge in [0.25, 0.3) is 11.8 Å². The lowest BCUT2D eigenvalue weighted by molar-refractivity contribution is 0.0949. The molecule has 2 heterocycles. The second-order valence-electron chi connectivity index (χ2n) is 6.69. The molecular formula is C23H20N4O3. The standard InChI is InChI=1S/C23H20N4O3/c1-16-8-5-6-12-19(16)23(29)26-21-20(22(28)24-14-18-11-7-13-30-18)15-25-27(21)17-9-3-2-4-10-17/h2-13,15H,14H2,1H3,(H,24,28)(H,26,29). The molecule has 0 aliphatic rings. The summed E-state index contributed by atoms with van der Waals surface area (Å²) in [5.74, 6) is 0.246. The summed E-state index contributed by atoms with van der Waals surface area (Å²) in [5.41, 5.74) is 2.35. The first-order valence-electron chi connectivity index (χ1n) is 9.44. The molecule has 7 nitrogen and oxygen atoms in total. The summed E-state index contributed by atoms with van der Waals surface area (Å²) in [4.78, 5) is 25.8. The highest BCUT2D eigenvalue weighted by Crippen LogP contribution is 2.22. The number of nitrogens with zero attached hydrogens (tertiary/aromatic N) is 2. The molecular weight excluding hydrogens is 380 g/mol. The summed E-state index contributed by atoms with van der Waals surface area (Å²) >= 11 is 0. The highest BCUT2D eigenvalue weighted by atomic mass is 16.3. The summed E-state index contributed by atoms with van der Waals surface area (Å²) < 4.78 is 6.79. The van der Waals surface area contributed by atoms with Gasteiger partial charge in [0.1, 0.15) is 17.1 Å². The normalized spacial score (nSPS) is 10.6. The van der Waals surface area contributed by atoms with Crippen molar-refractivity contribution in [1.29, 1.82) is 0 Å². The number of carbonyl (C=O) groups is 2. The maximum Gasteiger partial charge on any atom is 0.257 e. The van der Waals surface area contributed by atoms with Crippen molar-refractivity contribution in [2.75, 3.05) is 5.32 Å². The lowest BCUT2D eigenvalue weighted by Gasteiger charge is -2.12. The second kappa shape index (κ2) is 8.48. The Morgan fingerprint density at radius 2 is 1.70 bits per heavy atom. The van der Waals surface area contributed by atoms with E-state index in [9.17, 15) is 9.59 Å². The Bertz CT molecular complexity index is 1160. The van der Waals surface area contributed by atoms with Crippen LogP contribution in [0.2, 0.25) is 0 Å². The van der Waals surface area contributed by atoms with Crippen LogP contribution in [0.1, 0.15) is 32.0 Å². The van der Waals surface area contributed by atoms with Crippen molar-refractivity contribution >= 4 is 17.6 Å². The molecule has 4 aromatic rings. The molecule has 30 heavy (non-hydrogen) atoms. The Morgan fingerprint density at radius 1 is 0.933 bits per heavy atom. The third kappa shape index (κ3) is 4.00. The van der Waals surface area contributed by atoms with Gasteiger partial charge in [0.15, 0.2) is 0 Å². The van der Waals surface area contributed by atoms with Gasteiger partial charge >= 0.3 is 0 Å². The van der Waals surface area contributed by atoms with Crippen LogP contribution < -0.4 is 10.6 Å². The number of para-hydroxylation sites is 1. The van der Waals surface area contributed by atoms with Crippen LogP contribution in [0.25, 0.3) is 5.69 Å². The molecule has 0 fully saturated rings. The van der Waals surface area contributed by atoms with Crippen molar-refractivity contribution < 1.29 is 14.0 Å². The number of hydrogen-bond acceptors (Lipinski definition) is 4. The van der Waals surface area contributed by atoms with Crippen molar-refractivity contribution in [2.24, 2.45) is 0 Å². The van der Waals surface area contributed by atoms with E-state index in [0.29, 0.717) is 17.1 Å². The largest absolute Gasteiger partial charge is 0.467 e. The van der Waals surface area contributed by atoms with Gasteiger partial charge in [-0.25, -0.2) is 4.68 Å². The van der Waals surface area contributed by atoms with Crippen LogP contribution in [0, 0.1) is 6.92 Å². The number of furan rings is 1. The van der Waals surface area contributed by atoms with Crippen molar-refractivity contribution in [3.63, 3.8) is 0 Å². The minimum absolute atomic E-state index is 0.230. The van der Waals surface area contributed by atoms with Crippen LogP contribution in [0.5, 0.6) is 0 Å². The van der Waals surface area contributed by atoms with Crippen LogP contribution in [0.3, 0.4) is 0 Å². The number of hydrogen-bond donors (Lipinski definition) is 2. The Hall–Kier alpha value is -4.13. The fraction of sp³-hybridized carbons (Fsp3) is 0.0870. The van der Waals surface area contributed by atoms with Gasteiger partial charge in [0, 0.05) is 5.56 Å². The van der Waals surface area contributed by atoms with Crippen LogP contribution >= 0.6 is 0 Å². The number of aryl methyl sites for hydroxylation is 1. The average Bonchev–Trinajstić information content (AvgIpc) is 3.43. The molecule has 0 saturated carbocycles. The molecule has 0 aliphatic carbocycles. The highest BCUT2D eigenvalue weighted by Gasteiger charge is 2.21. The SMILES string of the molecule is Cc1ccccc1C(=O)Nc1c(C(=O)NCc2ccco2)cnn1-c1ccccc1. The molecule has 2 aromatic carbocycles. The summed E-state index contributed by atoms with van der Waals surface area (Å²) in [6.45, 7) is 2.09. The zero-order chi connectivity index (χ0) is 20.9. The maximum absolute atomic E-state index is 12.9. The summed E-state index contributed by atoms with van der Waals surface area (Å²) in [6.07, 6.45) is 2.99. The van der Waals surface area contributed by atoms with Gasteiger partial charge in [0.05, 0.1) is 24.7 Å². The zero-order valence-corrected chi connectivity index (χ0v) is 16.3. The summed E-state index contributed by atoms with van der Waals surface area (Å²) in [7, 11) is 0. The zero-order valence-electron chi connectivity index (χ0n) is 16.3. The maximum atomic E-state index is 12.9. The molecule has 150 valence electrons. The molecule has 0 atom stereocenters. The van der Waals surface area contributed by atoms with Crippen LogP contribution in [-0.4, -0.2) is 21.6 Å². The molecule has 0 saturated heterocycles.